The molecule has 1 aromatic heterocycles. The maximum Gasteiger partial charge on any atom is 0.235 e. The van der Waals surface area contributed by atoms with Gasteiger partial charge in [0, 0.05) is 17.8 Å². The molecule has 1 heterocycles. The summed E-state index contributed by atoms with van der Waals surface area (Å²) in [6.45, 7) is 2.41. The zero-order chi connectivity index (χ0) is 10.7. The SMILES string of the molecule is Cc1cncc2cc(CN=C=O)ccc12. The van der Waals surface area contributed by atoms with E-state index >= 15 is 0 Å². The molecule has 2 rings (SSSR count). The Labute approximate surface area is 87.5 Å². The maximum absolute atomic E-state index is 9.99. The molecule has 0 radical (unpaired) electrons. The number of aliphatic imine (C=N–C) groups is 1. The number of aromatic nitrogens is 1. The lowest BCUT2D eigenvalue weighted by Crippen LogP contribution is -1.85. The average Bonchev–Trinajstić information content (AvgIpc) is 2.26. The lowest BCUT2D eigenvalue weighted by atomic mass is 10.1. The molecule has 0 aliphatic carbocycles. The van der Waals surface area contributed by atoms with Crippen LogP contribution in [0.1, 0.15) is 11.1 Å². The summed E-state index contributed by atoms with van der Waals surface area (Å²) in [5.41, 5.74) is 2.15. The Bertz CT molecular complexity index is 542. The minimum Gasteiger partial charge on any atom is -0.264 e. The highest BCUT2D eigenvalue weighted by Crippen LogP contribution is 2.18. The first-order valence-electron chi connectivity index (χ1n) is 4.68. The Morgan fingerprint density at radius 1 is 1.40 bits per heavy atom. The van der Waals surface area contributed by atoms with Crippen LogP contribution in [0.5, 0.6) is 0 Å². The maximum atomic E-state index is 9.99. The van der Waals surface area contributed by atoms with E-state index in [4.69, 9.17) is 0 Å². The van der Waals surface area contributed by atoms with Crippen molar-refractivity contribution in [2.75, 3.05) is 0 Å². The lowest BCUT2D eigenvalue weighted by molar-refractivity contribution is 0.563. The van der Waals surface area contributed by atoms with Crippen molar-refractivity contribution in [2.24, 2.45) is 4.99 Å². The van der Waals surface area contributed by atoms with Crippen molar-refractivity contribution < 1.29 is 4.79 Å². The van der Waals surface area contributed by atoms with Gasteiger partial charge in [0.2, 0.25) is 6.08 Å². The van der Waals surface area contributed by atoms with Crippen LogP contribution in [0, 0.1) is 6.92 Å². The van der Waals surface area contributed by atoms with Crippen LogP contribution in [0.15, 0.2) is 35.6 Å². The molecule has 0 aliphatic heterocycles. The van der Waals surface area contributed by atoms with Gasteiger partial charge in [-0.25, -0.2) is 9.79 Å². The fourth-order valence-electron chi connectivity index (χ4n) is 1.60. The van der Waals surface area contributed by atoms with Crippen LogP contribution in [-0.2, 0) is 11.3 Å². The highest BCUT2D eigenvalue weighted by Gasteiger charge is 1.98. The predicted octanol–water partition coefficient (Wildman–Crippen LogP) is 2.38. The van der Waals surface area contributed by atoms with Crippen molar-refractivity contribution in [1.29, 1.82) is 0 Å². The van der Waals surface area contributed by atoms with E-state index in [9.17, 15) is 4.79 Å². The van der Waals surface area contributed by atoms with Crippen LogP contribution in [0.2, 0.25) is 0 Å². The third kappa shape index (κ3) is 1.92. The Morgan fingerprint density at radius 2 is 2.27 bits per heavy atom. The normalized spacial score (nSPS) is 9.93. The third-order valence-electron chi connectivity index (χ3n) is 2.35. The van der Waals surface area contributed by atoms with Crippen molar-refractivity contribution in [3.8, 4) is 0 Å². The molecule has 3 heteroatoms. The molecule has 0 spiro atoms. The molecule has 2 aromatic rings. The highest BCUT2D eigenvalue weighted by atomic mass is 16.1. The Morgan fingerprint density at radius 3 is 3.07 bits per heavy atom. The molecule has 0 amide bonds. The van der Waals surface area contributed by atoms with E-state index in [0.29, 0.717) is 6.54 Å². The number of aryl methyl sites for hydroxylation is 1. The molecule has 1 aromatic carbocycles. The number of pyridine rings is 1. The largest absolute Gasteiger partial charge is 0.264 e. The van der Waals surface area contributed by atoms with E-state index in [1.807, 2.05) is 37.5 Å². The van der Waals surface area contributed by atoms with Crippen LogP contribution < -0.4 is 0 Å². The number of benzene rings is 1. The number of hydrogen-bond donors (Lipinski definition) is 0. The molecule has 0 N–H and O–H groups in total. The summed E-state index contributed by atoms with van der Waals surface area (Å²) < 4.78 is 0. The van der Waals surface area contributed by atoms with E-state index in [2.05, 4.69) is 9.98 Å². The van der Waals surface area contributed by atoms with Crippen molar-refractivity contribution >= 4 is 16.9 Å². The van der Waals surface area contributed by atoms with Gasteiger partial charge < -0.3 is 0 Å². The summed E-state index contributed by atoms with van der Waals surface area (Å²) in [5.74, 6) is 0. The summed E-state index contributed by atoms with van der Waals surface area (Å²) in [6, 6.07) is 5.99. The number of rotatable bonds is 2. The first-order valence-corrected chi connectivity index (χ1v) is 4.68. The molecule has 3 nitrogen and oxygen atoms in total. The zero-order valence-electron chi connectivity index (χ0n) is 8.40. The number of fused-ring (bicyclic) bond motifs is 1. The van der Waals surface area contributed by atoms with Gasteiger partial charge in [0.15, 0.2) is 0 Å². The second-order valence-corrected chi connectivity index (χ2v) is 3.42. The van der Waals surface area contributed by atoms with Gasteiger partial charge >= 0.3 is 0 Å². The zero-order valence-corrected chi connectivity index (χ0v) is 8.40. The number of isocyanates is 1. The van der Waals surface area contributed by atoms with Crippen molar-refractivity contribution in [2.45, 2.75) is 13.5 Å². The van der Waals surface area contributed by atoms with Crippen molar-refractivity contribution in [3.63, 3.8) is 0 Å². The van der Waals surface area contributed by atoms with Gasteiger partial charge in [-0.05, 0) is 29.5 Å². The van der Waals surface area contributed by atoms with Gasteiger partial charge in [-0.1, -0.05) is 12.1 Å². The van der Waals surface area contributed by atoms with Gasteiger partial charge in [0.25, 0.3) is 0 Å². The first-order chi connectivity index (χ1) is 7.31. The van der Waals surface area contributed by atoms with Gasteiger partial charge in [-0.3, -0.25) is 4.98 Å². The van der Waals surface area contributed by atoms with Crippen LogP contribution >= 0.6 is 0 Å². The smallest absolute Gasteiger partial charge is 0.235 e. The molecule has 15 heavy (non-hydrogen) atoms. The van der Waals surface area contributed by atoms with Gasteiger partial charge in [0.05, 0.1) is 6.54 Å². The van der Waals surface area contributed by atoms with Crippen molar-refractivity contribution in [3.05, 3.63) is 41.7 Å². The molecule has 0 unspecified atom stereocenters. The van der Waals surface area contributed by atoms with Crippen LogP contribution in [0.3, 0.4) is 0 Å². The summed E-state index contributed by atoms with van der Waals surface area (Å²) in [7, 11) is 0. The molecular formula is C12H10N2O. The molecular weight excluding hydrogens is 188 g/mol. The summed E-state index contributed by atoms with van der Waals surface area (Å²) in [6.07, 6.45) is 5.19. The van der Waals surface area contributed by atoms with E-state index in [0.717, 1.165) is 16.5 Å². The number of hydrogen-bond acceptors (Lipinski definition) is 3. The Hall–Kier alpha value is -1.99. The Balaban J connectivity index is 2.52. The van der Waals surface area contributed by atoms with Gasteiger partial charge in [-0.2, -0.15) is 0 Å². The topological polar surface area (TPSA) is 42.3 Å². The fraction of sp³-hybridized carbons (Fsp3) is 0.167. The molecule has 0 saturated heterocycles. The van der Waals surface area contributed by atoms with Crippen molar-refractivity contribution in [1.82, 2.24) is 4.98 Å². The van der Waals surface area contributed by atoms with E-state index < -0.39 is 0 Å². The summed E-state index contributed by atoms with van der Waals surface area (Å²) in [4.78, 5) is 17.7. The lowest BCUT2D eigenvalue weighted by Gasteiger charge is -2.02. The minimum absolute atomic E-state index is 0.382. The van der Waals surface area contributed by atoms with E-state index in [1.54, 1.807) is 0 Å². The molecule has 0 bridgehead atoms. The summed E-state index contributed by atoms with van der Waals surface area (Å²) in [5, 5.41) is 2.26. The summed E-state index contributed by atoms with van der Waals surface area (Å²) >= 11 is 0. The molecule has 0 atom stereocenters. The van der Waals surface area contributed by atoms with E-state index in [-0.39, 0.29) is 0 Å². The molecule has 0 fully saturated rings. The Kier molecular flexibility index (Phi) is 2.57. The predicted molar refractivity (Wildman–Crippen MR) is 58.3 cm³/mol. The highest BCUT2D eigenvalue weighted by molar-refractivity contribution is 5.85. The van der Waals surface area contributed by atoms with Gasteiger partial charge in [0.1, 0.15) is 0 Å². The number of carbonyl (C=O) groups excluding carboxylic acids is 1. The van der Waals surface area contributed by atoms with Gasteiger partial charge in [-0.15, -0.1) is 0 Å². The molecule has 74 valence electrons. The van der Waals surface area contributed by atoms with Crippen LogP contribution in [-0.4, -0.2) is 11.1 Å². The molecule has 0 saturated carbocycles. The van der Waals surface area contributed by atoms with Crippen LogP contribution in [0.4, 0.5) is 0 Å². The van der Waals surface area contributed by atoms with E-state index in [1.165, 1.54) is 11.5 Å². The molecule has 0 aliphatic rings. The second kappa shape index (κ2) is 4.03. The quantitative estimate of drug-likeness (QED) is 0.549. The third-order valence-corrected chi connectivity index (χ3v) is 2.35. The fourth-order valence-corrected chi connectivity index (χ4v) is 1.60. The monoisotopic (exact) mass is 198 g/mol. The van der Waals surface area contributed by atoms with Crippen LogP contribution in [0.25, 0.3) is 10.8 Å². The average molecular weight is 198 g/mol. The second-order valence-electron chi connectivity index (χ2n) is 3.42. The first kappa shape index (κ1) is 9.56. The standard InChI is InChI=1S/C12H10N2O/c1-9-5-13-7-11-4-10(6-14-8-15)2-3-12(9)11/h2-5,7H,6H2,1H3. The minimum atomic E-state index is 0.382. The number of nitrogens with zero attached hydrogens (tertiary/aromatic N) is 2.